The number of benzene rings is 1. The summed E-state index contributed by atoms with van der Waals surface area (Å²) in [7, 11) is -1.11. The molecule has 0 aliphatic carbocycles. The first-order valence-electron chi connectivity index (χ1n) is 5.00. The van der Waals surface area contributed by atoms with E-state index in [-0.39, 0.29) is 17.0 Å². The van der Waals surface area contributed by atoms with Crippen molar-refractivity contribution in [1.29, 1.82) is 0 Å². The Morgan fingerprint density at radius 3 is 2.33 bits per heavy atom. The van der Waals surface area contributed by atoms with Gasteiger partial charge < -0.3 is 5.32 Å². The van der Waals surface area contributed by atoms with Crippen LogP contribution in [0.1, 0.15) is 16.4 Å². The molecule has 2 unspecified atom stereocenters. The van der Waals surface area contributed by atoms with Crippen LogP contribution in [-0.4, -0.2) is 27.3 Å². The van der Waals surface area contributed by atoms with Crippen LogP contribution in [0.5, 0.6) is 0 Å². The fraction of sp³-hybridized carbons (Fsp3) is 0.455. The molecule has 82 valence electrons. The smallest absolute Gasteiger partial charge is 0.160 e. The minimum absolute atomic E-state index is 0.0673. The van der Waals surface area contributed by atoms with Crippen LogP contribution in [0, 0.1) is 6.92 Å². The van der Waals surface area contributed by atoms with E-state index in [9.17, 15) is 8.42 Å². The highest BCUT2D eigenvalue weighted by atomic mass is 32.2. The molecule has 1 heterocycles. The van der Waals surface area contributed by atoms with Gasteiger partial charge in [-0.2, -0.15) is 0 Å². The van der Waals surface area contributed by atoms with E-state index in [0.29, 0.717) is 0 Å². The van der Waals surface area contributed by atoms with Gasteiger partial charge in [-0.1, -0.05) is 29.8 Å². The first-order chi connectivity index (χ1) is 7.04. The summed E-state index contributed by atoms with van der Waals surface area (Å²) in [5, 5.41) is 2.68. The molecule has 1 aromatic carbocycles. The molecule has 0 aromatic heterocycles. The molecule has 0 radical (unpaired) electrons. The Balaban J connectivity index is 2.33. The van der Waals surface area contributed by atoms with E-state index in [0.717, 1.165) is 11.1 Å². The molecular formula is C11H15NO2S. The SMILES string of the molecule is CNC1CS(=O)(=O)C1c1ccc(C)cc1. The largest absolute Gasteiger partial charge is 0.314 e. The van der Waals surface area contributed by atoms with Crippen molar-refractivity contribution in [2.24, 2.45) is 0 Å². The van der Waals surface area contributed by atoms with Gasteiger partial charge >= 0.3 is 0 Å². The number of likely N-dealkylation sites (N-methyl/N-ethyl adjacent to an activating group) is 1. The summed E-state index contributed by atoms with van der Waals surface area (Å²) in [4.78, 5) is 0. The van der Waals surface area contributed by atoms with Gasteiger partial charge in [0.25, 0.3) is 0 Å². The zero-order valence-corrected chi connectivity index (χ0v) is 9.71. The van der Waals surface area contributed by atoms with Crippen molar-refractivity contribution >= 4 is 9.84 Å². The Morgan fingerprint density at radius 2 is 1.87 bits per heavy atom. The highest BCUT2D eigenvalue weighted by Crippen LogP contribution is 2.36. The van der Waals surface area contributed by atoms with Gasteiger partial charge in [0.05, 0.1) is 5.75 Å². The van der Waals surface area contributed by atoms with Crippen molar-refractivity contribution in [3.63, 3.8) is 0 Å². The molecule has 2 atom stereocenters. The van der Waals surface area contributed by atoms with Crippen molar-refractivity contribution < 1.29 is 8.42 Å². The summed E-state index contributed by atoms with van der Waals surface area (Å²) in [5.41, 5.74) is 2.04. The second-order valence-corrected chi connectivity index (χ2v) is 6.22. The molecule has 0 bridgehead atoms. The maximum Gasteiger partial charge on any atom is 0.160 e. The standard InChI is InChI=1S/C11H15NO2S/c1-8-3-5-9(6-4-8)11-10(12-2)7-15(11,13)14/h3-6,10-12H,7H2,1-2H3. The normalized spacial score (nSPS) is 28.4. The lowest BCUT2D eigenvalue weighted by atomic mass is 10.0. The van der Waals surface area contributed by atoms with Crippen LogP contribution in [-0.2, 0) is 9.84 Å². The minimum atomic E-state index is -2.91. The van der Waals surface area contributed by atoms with Gasteiger partial charge in [0, 0.05) is 6.04 Å². The minimum Gasteiger partial charge on any atom is -0.314 e. The summed E-state index contributed by atoms with van der Waals surface area (Å²) in [6.07, 6.45) is 0. The van der Waals surface area contributed by atoms with E-state index in [1.54, 1.807) is 7.05 Å². The molecule has 15 heavy (non-hydrogen) atoms. The van der Waals surface area contributed by atoms with Crippen LogP contribution in [0.15, 0.2) is 24.3 Å². The first kappa shape index (κ1) is 10.6. The third-order valence-corrected chi connectivity index (χ3v) is 5.14. The molecule has 0 spiro atoms. The van der Waals surface area contributed by atoms with Gasteiger partial charge in [-0.05, 0) is 19.5 Å². The molecule has 1 aromatic rings. The van der Waals surface area contributed by atoms with E-state index < -0.39 is 9.84 Å². The Hall–Kier alpha value is -0.870. The third-order valence-electron chi connectivity index (χ3n) is 2.94. The highest BCUT2D eigenvalue weighted by molar-refractivity contribution is 7.93. The molecule has 1 fully saturated rings. The maximum atomic E-state index is 11.6. The van der Waals surface area contributed by atoms with E-state index in [1.165, 1.54) is 0 Å². The monoisotopic (exact) mass is 225 g/mol. The Labute approximate surface area is 90.4 Å². The Morgan fingerprint density at radius 1 is 1.27 bits per heavy atom. The number of sulfone groups is 1. The molecule has 3 nitrogen and oxygen atoms in total. The summed E-state index contributed by atoms with van der Waals surface area (Å²) in [6.45, 7) is 1.99. The molecular weight excluding hydrogens is 210 g/mol. The van der Waals surface area contributed by atoms with Crippen molar-refractivity contribution in [2.75, 3.05) is 12.8 Å². The molecule has 0 amide bonds. The Kier molecular flexibility index (Phi) is 2.56. The Bertz CT molecular complexity index is 450. The van der Waals surface area contributed by atoms with Gasteiger partial charge in [0.2, 0.25) is 0 Å². The van der Waals surface area contributed by atoms with E-state index in [4.69, 9.17) is 0 Å². The lowest BCUT2D eigenvalue weighted by Crippen LogP contribution is -2.52. The summed E-state index contributed by atoms with van der Waals surface area (Å²) in [6, 6.07) is 7.78. The van der Waals surface area contributed by atoms with Gasteiger partial charge in [-0.25, -0.2) is 8.42 Å². The predicted octanol–water partition coefficient (Wildman–Crippen LogP) is 1.05. The molecule has 2 rings (SSSR count). The maximum absolute atomic E-state index is 11.6. The molecule has 1 saturated heterocycles. The first-order valence-corrected chi connectivity index (χ1v) is 6.71. The van der Waals surface area contributed by atoms with E-state index in [1.807, 2.05) is 31.2 Å². The molecule has 1 N–H and O–H groups in total. The van der Waals surface area contributed by atoms with Gasteiger partial charge in [-0.3, -0.25) is 0 Å². The fourth-order valence-electron chi connectivity index (χ4n) is 2.00. The number of hydrogen-bond donors (Lipinski definition) is 1. The van der Waals surface area contributed by atoms with Crippen molar-refractivity contribution in [3.8, 4) is 0 Å². The predicted molar refractivity (Wildman–Crippen MR) is 60.6 cm³/mol. The third kappa shape index (κ3) is 1.79. The van der Waals surface area contributed by atoms with Crippen molar-refractivity contribution in [2.45, 2.75) is 18.2 Å². The zero-order valence-electron chi connectivity index (χ0n) is 8.90. The average Bonchev–Trinajstić information content (AvgIpc) is 2.18. The summed E-state index contributed by atoms with van der Waals surface area (Å²) >= 11 is 0. The van der Waals surface area contributed by atoms with E-state index >= 15 is 0 Å². The van der Waals surface area contributed by atoms with Crippen molar-refractivity contribution in [1.82, 2.24) is 5.32 Å². The quantitative estimate of drug-likeness (QED) is 0.818. The lowest BCUT2D eigenvalue weighted by molar-refractivity contribution is 0.482. The second-order valence-electron chi connectivity index (χ2n) is 4.06. The highest BCUT2D eigenvalue weighted by Gasteiger charge is 2.45. The summed E-state index contributed by atoms with van der Waals surface area (Å²) in [5.74, 6) is 0.252. The lowest BCUT2D eigenvalue weighted by Gasteiger charge is -2.36. The van der Waals surface area contributed by atoms with Crippen LogP contribution < -0.4 is 5.32 Å². The summed E-state index contributed by atoms with van der Waals surface area (Å²) < 4.78 is 23.3. The van der Waals surface area contributed by atoms with Gasteiger partial charge in [-0.15, -0.1) is 0 Å². The average molecular weight is 225 g/mol. The topological polar surface area (TPSA) is 46.2 Å². The van der Waals surface area contributed by atoms with Crippen LogP contribution in [0.3, 0.4) is 0 Å². The van der Waals surface area contributed by atoms with E-state index in [2.05, 4.69) is 5.32 Å². The molecule has 4 heteroatoms. The van der Waals surface area contributed by atoms with Crippen LogP contribution in [0.25, 0.3) is 0 Å². The van der Waals surface area contributed by atoms with Crippen LogP contribution >= 0.6 is 0 Å². The van der Waals surface area contributed by atoms with Crippen LogP contribution in [0.4, 0.5) is 0 Å². The number of rotatable bonds is 2. The molecule has 1 aliphatic heterocycles. The fourth-order valence-corrected chi connectivity index (χ4v) is 4.01. The second kappa shape index (κ2) is 3.61. The number of aryl methyl sites for hydroxylation is 1. The molecule has 0 saturated carbocycles. The number of hydrogen-bond acceptors (Lipinski definition) is 3. The molecule has 1 aliphatic rings. The van der Waals surface area contributed by atoms with Gasteiger partial charge in [0.15, 0.2) is 9.84 Å². The number of nitrogens with one attached hydrogen (secondary N) is 1. The zero-order chi connectivity index (χ0) is 11.1. The van der Waals surface area contributed by atoms with Gasteiger partial charge in [0.1, 0.15) is 5.25 Å². The van der Waals surface area contributed by atoms with Crippen LogP contribution in [0.2, 0.25) is 0 Å². The van der Waals surface area contributed by atoms with Crippen molar-refractivity contribution in [3.05, 3.63) is 35.4 Å².